The van der Waals surface area contributed by atoms with Gasteiger partial charge < -0.3 is 9.22 Å². The van der Waals surface area contributed by atoms with Gasteiger partial charge in [-0.2, -0.15) is 0 Å². The lowest BCUT2D eigenvalue weighted by Crippen LogP contribution is -2.35. The molecule has 0 atom stereocenters. The molecule has 2 nitrogen and oxygen atoms in total. The zero-order chi connectivity index (χ0) is 20.7. The van der Waals surface area contributed by atoms with Gasteiger partial charge in [-0.1, -0.05) is 79.7 Å². The first-order valence-electron chi connectivity index (χ1n) is 10.2. The SMILES string of the molecule is [CH][N+](C)(C)CCOc1ccc(/C(=C(/CC)c2ccccc2)c2ccccc2)cc1. The molecule has 29 heavy (non-hydrogen) atoms. The molecular formula is C27H30NO+. The molecule has 3 rings (SSSR count). The highest BCUT2D eigenvalue weighted by Gasteiger charge is 2.13. The molecule has 148 valence electrons. The van der Waals surface area contributed by atoms with Crippen molar-refractivity contribution in [3.63, 3.8) is 0 Å². The predicted molar refractivity (Wildman–Crippen MR) is 122 cm³/mol. The third kappa shape index (κ3) is 5.82. The summed E-state index contributed by atoms with van der Waals surface area (Å²) in [6, 6.07) is 29.6. The van der Waals surface area contributed by atoms with E-state index in [1.165, 1.54) is 27.8 Å². The number of likely N-dealkylation sites (N-methyl/N-ethyl adjacent to an activating group) is 1. The lowest BCUT2D eigenvalue weighted by atomic mass is 9.88. The molecule has 0 heterocycles. The Labute approximate surface area is 175 Å². The number of hydrogen-bond acceptors (Lipinski definition) is 1. The monoisotopic (exact) mass is 384 g/mol. The van der Waals surface area contributed by atoms with Crippen molar-refractivity contribution >= 4 is 11.1 Å². The summed E-state index contributed by atoms with van der Waals surface area (Å²) >= 11 is 0. The van der Waals surface area contributed by atoms with Gasteiger partial charge in [0.2, 0.25) is 7.05 Å². The first-order valence-corrected chi connectivity index (χ1v) is 10.2. The van der Waals surface area contributed by atoms with Crippen LogP contribution in [0.1, 0.15) is 30.0 Å². The average Bonchev–Trinajstić information content (AvgIpc) is 2.73. The van der Waals surface area contributed by atoms with E-state index in [0.29, 0.717) is 11.1 Å². The smallest absolute Gasteiger partial charge is 0.206 e. The number of nitrogens with zero attached hydrogens (tertiary/aromatic N) is 1. The Morgan fingerprint density at radius 1 is 0.759 bits per heavy atom. The Kier molecular flexibility index (Phi) is 6.90. The quantitative estimate of drug-likeness (QED) is 0.333. The summed E-state index contributed by atoms with van der Waals surface area (Å²) in [6.45, 7) is 3.56. The second-order valence-electron chi connectivity index (χ2n) is 7.81. The number of ether oxygens (including phenoxy) is 1. The van der Waals surface area contributed by atoms with Crippen molar-refractivity contribution in [2.24, 2.45) is 0 Å². The largest absolute Gasteiger partial charge is 0.488 e. The lowest BCUT2D eigenvalue weighted by molar-refractivity contribution is -0.845. The number of quaternary nitrogens is 1. The summed E-state index contributed by atoms with van der Waals surface area (Å²) in [5.74, 6) is 0.868. The van der Waals surface area contributed by atoms with Crippen molar-refractivity contribution in [2.75, 3.05) is 27.2 Å². The van der Waals surface area contributed by atoms with Crippen molar-refractivity contribution in [3.05, 3.63) is 109 Å². The maximum atomic E-state index is 5.98. The molecule has 0 unspecified atom stereocenters. The van der Waals surface area contributed by atoms with E-state index in [1.54, 1.807) is 0 Å². The van der Waals surface area contributed by atoms with Crippen molar-refractivity contribution in [1.82, 2.24) is 0 Å². The molecule has 0 spiro atoms. The van der Waals surface area contributed by atoms with E-state index in [4.69, 9.17) is 11.8 Å². The van der Waals surface area contributed by atoms with Crippen LogP contribution in [0.5, 0.6) is 5.75 Å². The molecule has 0 aliphatic heterocycles. The Bertz CT molecular complexity index is 920. The van der Waals surface area contributed by atoms with Crippen LogP contribution in [0, 0.1) is 7.05 Å². The zero-order valence-corrected chi connectivity index (χ0v) is 17.6. The van der Waals surface area contributed by atoms with Crippen LogP contribution in [-0.4, -0.2) is 31.7 Å². The summed E-state index contributed by atoms with van der Waals surface area (Å²) in [7, 11) is 9.90. The van der Waals surface area contributed by atoms with E-state index in [0.717, 1.165) is 18.7 Å². The standard InChI is InChI=1S/C27H30NO/c1-5-26(22-12-8-6-9-13-22)27(23-14-10-7-11-15-23)24-16-18-25(19-17-24)29-21-20-28(2,3)4/h2,6-19H,5,20-21H2,1,3-4H3/q+1/b27-26-. The second-order valence-corrected chi connectivity index (χ2v) is 7.81. The van der Waals surface area contributed by atoms with E-state index in [2.05, 4.69) is 79.7 Å². The molecule has 0 aromatic heterocycles. The molecule has 0 fully saturated rings. The molecule has 2 radical (unpaired) electrons. The summed E-state index contributed by atoms with van der Waals surface area (Å²) < 4.78 is 6.28. The van der Waals surface area contributed by atoms with E-state index in [1.807, 2.05) is 26.2 Å². The molecule has 2 heteroatoms. The maximum Gasteiger partial charge on any atom is 0.206 e. The minimum absolute atomic E-state index is 0.399. The van der Waals surface area contributed by atoms with E-state index in [9.17, 15) is 0 Å². The zero-order valence-electron chi connectivity index (χ0n) is 17.6. The molecular weight excluding hydrogens is 354 g/mol. The molecule has 0 amide bonds. The predicted octanol–water partition coefficient (Wildman–Crippen LogP) is 6.18. The summed E-state index contributed by atoms with van der Waals surface area (Å²) in [5.41, 5.74) is 6.29. The molecule has 3 aromatic rings. The van der Waals surface area contributed by atoms with Crippen molar-refractivity contribution in [3.8, 4) is 5.75 Å². The van der Waals surface area contributed by atoms with Gasteiger partial charge >= 0.3 is 0 Å². The van der Waals surface area contributed by atoms with Gasteiger partial charge in [-0.15, -0.1) is 0 Å². The molecule has 0 bridgehead atoms. The van der Waals surface area contributed by atoms with Crippen LogP contribution >= 0.6 is 0 Å². The first kappa shape index (κ1) is 20.9. The molecule has 0 aliphatic carbocycles. The Morgan fingerprint density at radius 2 is 1.28 bits per heavy atom. The fourth-order valence-electron chi connectivity index (χ4n) is 3.40. The van der Waals surface area contributed by atoms with Crippen LogP contribution in [0.15, 0.2) is 84.9 Å². The number of rotatable bonds is 8. The highest BCUT2D eigenvalue weighted by Crippen LogP contribution is 2.34. The Morgan fingerprint density at radius 3 is 1.79 bits per heavy atom. The van der Waals surface area contributed by atoms with Crippen LogP contribution < -0.4 is 4.74 Å². The summed E-state index contributed by atoms with van der Waals surface area (Å²) in [4.78, 5) is 0. The van der Waals surface area contributed by atoms with Crippen molar-refractivity contribution in [1.29, 1.82) is 0 Å². The van der Waals surface area contributed by atoms with Crippen LogP contribution in [0.4, 0.5) is 0 Å². The fraction of sp³-hybridized carbons (Fsp3) is 0.222. The minimum atomic E-state index is 0.399. The average molecular weight is 385 g/mol. The van der Waals surface area contributed by atoms with Gasteiger partial charge in [0.05, 0.1) is 14.1 Å². The number of allylic oxidation sites excluding steroid dienone is 1. The third-order valence-corrected chi connectivity index (χ3v) is 4.92. The first-order chi connectivity index (χ1) is 14.0. The number of hydrogen-bond donors (Lipinski definition) is 0. The van der Waals surface area contributed by atoms with Gasteiger partial charge in [0.15, 0.2) is 0 Å². The van der Waals surface area contributed by atoms with Crippen molar-refractivity contribution < 1.29 is 9.22 Å². The van der Waals surface area contributed by atoms with Crippen LogP contribution in [-0.2, 0) is 0 Å². The highest BCUT2D eigenvalue weighted by atomic mass is 16.5. The molecule has 0 aliphatic rings. The second kappa shape index (κ2) is 9.58. The number of benzene rings is 3. The Balaban J connectivity index is 1.96. The van der Waals surface area contributed by atoms with Gasteiger partial charge in [0.25, 0.3) is 0 Å². The highest BCUT2D eigenvalue weighted by molar-refractivity contribution is 5.98. The molecule has 0 N–H and O–H groups in total. The van der Waals surface area contributed by atoms with E-state index < -0.39 is 0 Å². The molecule has 3 aromatic carbocycles. The van der Waals surface area contributed by atoms with Crippen LogP contribution in [0.2, 0.25) is 0 Å². The van der Waals surface area contributed by atoms with Crippen molar-refractivity contribution in [2.45, 2.75) is 13.3 Å². The van der Waals surface area contributed by atoms with Gasteiger partial charge in [0.1, 0.15) is 18.9 Å². The maximum absolute atomic E-state index is 5.98. The van der Waals surface area contributed by atoms with Gasteiger partial charge in [-0.3, -0.25) is 0 Å². The third-order valence-electron chi connectivity index (χ3n) is 4.92. The summed E-state index contributed by atoms with van der Waals surface area (Å²) in [6.07, 6.45) is 0.954. The minimum Gasteiger partial charge on any atom is -0.488 e. The van der Waals surface area contributed by atoms with Crippen LogP contribution in [0.3, 0.4) is 0 Å². The lowest BCUT2D eigenvalue weighted by Gasteiger charge is -2.22. The van der Waals surface area contributed by atoms with Gasteiger partial charge in [-0.25, -0.2) is 0 Å². The van der Waals surface area contributed by atoms with Gasteiger partial charge in [0, 0.05) is 0 Å². The van der Waals surface area contributed by atoms with Crippen LogP contribution in [0.25, 0.3) is 11.1 Å². The Hall–Kier alpha value is -2.84. The fourth-order valence-corrected chi connectivity index (χ4v) is 3.40. The van der Waals surface area contributed by atoms with E-state index in [-0.39, 0.29) is 0 Å². The normalized spacial score (nSPS) is 12.4. The van der Waals surface area contributed by atoms with Gasteiger partial charge in [-0.05, 0) is 46.4 Å². The summed E-state index contributed by atoms with van der Waals surface area (Å²) in [5, 5.41) is 0. The topological polar surface area (TPSA) is 9.23 Å². The van der Waals surface area contributed by atoms with E-state index >= 15 is 0 Å². The molecule has 0 saturated heterocycles. The molecule has 0 saturated carbocycles.